The largest absolute Gasteiger partial charge is 0.383 e. The number of nitrogens with zero attached hydrogens (tertiary/aromatic N) is 1. The van der Waals surface area contributed by atoms with E-state index in [1.165, 1.54) is 19.2 Å². The molecule has 0 spiro atoms. The minimum absolute atomic E-state index is 0.0655. The average Bonchev–Trinajstić information content (AvgIpc) is 2.42. The van der Waals surface area contributed by atoms with E-state index in [9.17, 15) is 18.7 Å². The first-order valence-corrected chi connectivity index (χ1v) is 6.27. The van der Waals surface area contributed by atoms with Crippen LogP contribution in [0.15, 0.2) is 24.3 Å². The fraction of sp³-hybridized carbons (Fsp3) is 0.400. The van der Waals surface area contributed by atoms with Crippen molar-refractivity contribution in [3.8, 4) is 12.3 Å². The zero-order chi connectivity index (χ0) is 15.0. The molecule has 0 unspecified atom stereocenters. The molecule has 1 aromatic rings. The van der Waals surface area contributed by atoms with Crippen LogP contribution in [0.4, 0.5) is 14.5 Å². The quantitative estimate of drug-likeness (QED) is 0.862. The predicted molar refractivity (Wildman–Crippen MR) is 71.5 cm³/mol. The molecular weight excluding hydrogens is 264 g/mol. The lowest BCUT2D eigenvalue weighted by Gasteiger charge is -2.42. The summed E-state index contributed by atoms with van der Waals surface area (Å²) in [7, 11) is 1.24. The summed E-state index contributed by atoms with van der Waals surface area (Å²) in [5.74, 6) is -2.84. The Morgan fingerprint density at radius 3 is 2.65 bits per heavy atom. The molecule has 20 heavy (non-hydrogen) atoms. The number of amides is 1. The third kappa shape index (κ3) is 2.16. The van der Waals surface area contributed by atoms with Crippen molar-refractivity contribution in [3.63, 3.8) is 0 Å². The Balaban J connectivity index is 2.26. The van der Waals surface area contributed by atoms with Gasteiger partial charge < -0.3 is 10.0 Å². The van der Waals surface area contributed by atoms with Gasteiger partial charge in [-0.3, -0.25) is 4.79 Å². The first-order chi connectivity index (χ1) is 9.32. The van der Waals surface area contributed by atoms with Gasteiger partial charge in [-0.05, 0) is 37.5 Å². The Labute approximate surface area is 116 Å². The maximum absolute atomic E-state index is 14.1. The van der Waals surface area contributed by atoms with Gasteiger partial charge >= 0.3 is 5.92 Å². The van der Waals surface area contributed by atoms with Gasteiger partial charge in [0.1, 0.15) is 5.60 Å². The fourth-order valence-corrected chi connectivity index (χ4v) is 2.16. The minimum atomic E-state index is -3.80. The van der Waals surface area contributed by atoms with Gasteiger partial charge in [-0.15, -0.1) is 6.42 Å². The van der Waals surface area contributed by atoms with Gasteiger partial charge in [0, 0.05) is 18.3 Å². The molecule has 0 saturated heterocycles. The van der Waals surface area contributed by atoms with Crippen LogP contribution in [0.2, 0.25) is 0 Å². The first kappa shape index (κ1) is 14.5. The van der Waals surface area contributed by atoms with E-state index in [0.29, 0.717) is 12.0 Å². The Kier molecular flexibility index (Phi) is 3.53. The zero-order valence-electron chi connectivity index (χ0n) is 11.1. The fourth-order valence-electron chi connectivity index (χ4n) is 2.16. The van der Waals surface area contributed by atoms with E-state index in [1.807, 2.05) is 0 Å². The summed E-state index contributed by atoms with van der Waals surface area (Å²) in [4.78, 5) is 12.8. The summed E-state index contributed by atoms with van der Waals surface area (Å²) in [6.07, 6.45) is 5.60. The number of aliphatic hydroxyl groups is 1. The molecule has 106 valence electrons. The normalized spacial score (nSPS) is 16.9. The molecule has 0 aliphatic heterocycles. The van der Waals surface area contributed by atoms with Gasteiger partial charge in [0.2, 0.25) is 0 Å². The van der Waals surface area contributed by atoms with Crippen molar-refractivity contribution in [1.82, 2.24) is 0 Å². The number of alkyl halides is 2. The molecular formula is C15H15F2NO2. The zero-order valence-corrected chi connectivity index (χ0v) is 11.1. The van der Waals surface area contributed by atoms with Crippen LogP contribution in [-0.2, 0) is 4.79 Å². The van der Waals surface area contributed by atoms with Crippen LogP contribution in [0.25, 0.3) is 0 Å². The van der Waals surface area contributed by atoms with Crippen molar-refractivity contribution in [1.29, 1.82) is 0 Å². The van der Waals surface area contributed by atoms with E-state index >= 15 is 0 Å². The Morgan fingerprint density at radius 2 is 2.15 bits per heavy atom. The summed E-state index contributed by atoms with van der Waals surface area (Å²) in [6, 6.07) is 6.21. The van der Waals surface area contributed by atoms with Gasteiger partial charge in [-0.1, -0.05) is 12.0 Å². The second-order valence-electron chi connectivity index (χ2n) is 5.02. The second kappa shape index (κ2) is 4.88. The molecule has 0 aromatic heterocycles. The third-order valence-electron chi connectivity index (χ3n) is 3.74. The molecule has 1 aliphatic carbocycles. The molecule has 3 nitrogen and oxygen atoms in total. The molecule has 2 rings (SSSR count). The van der Waals surface area contributed by atoms with Crippen LogP contribution in [0.5, 0.6) is 0 Å². The summed E-state index contributed by atoms with van der Waals surface area (Å²) in [5, 5.41) is 9.77. The smallest absolute Gasteiger partial charge is 0.352 e. The van der Waals surface area contributed by atoms with Crippen molar-refractivity contribution in [2.75, 3.05) is 11.9 Å². The number of carbonyl (C=O) groups excluding carboxylic acids is 1. The third-order valence-corrected chi connectivity index (χ3v) is 3.74. The van der Waals surface area contributed by atoms with Crippen molar-refractivity contribution in [3.05, 3.63) is 29.8 Å². The highest BCUT2D eigenvalue weighted by Gasteiger charge is 2.62. The number of terminal acetylenes is 1. The molecule has 1 saturated carbocycles. The standard InChI is InChI=1S/C15H15F2NO2/c1-3-11-6-4-7-12(10-11)18(2)13(19)15(16,17)14(20)8-5-9-14/h1,4,6-7,10,20H,5,8-9H2,2H3. The second-order valence-corrected chi connectivity index (χ2v) is 5.02. The van der Waals surface area contributed by atoms with E-state index in [2.05, 4.69) is 5.92 Å². The summed E-state index contributed by atoms with van der Waals surface area (Å²) >= 11 is 0. The Morgan fingerprint density at radius 1 is 1.50 bits per heavy atom. The lowest BCUT2D eigenvalue weighted by atomic mass is 9.75. The summed E-state index contributed by atoms with van der Waals surface area (Å²) in [5.41, 5.74) is -1.46. The van der Waals surface area contributed by atoms with Crippen molar-refractivity contribution < 1.29 is 18.7 Å². The van der Waals surface area contributed by atoms with Gasteiger partial charge in [0.05, 0.1) is 0 Å². The molecule has 0 atom stereocenters. The molecule has 1 N–H and O–H groups in total. The predicted octanol–water partition coefficient (Wildman–Crippen LogP) is 2.18. The van der Waals surface area contributed by atoms with Crippen molar-refractivity contribution in [2.24, 2.45) is 0 Å². The van der Waals surface area contributed by atoms with E-state index in [-0.39, 0.29) is 18.5 Å². The maximum atomic E-state index is 14.1. The van der Waals surface area contributed by atoms with Crippen molar-refractivity contribution in [2.45, 2.75) is 30.8 Å². The molecule has 1 fully saturated rings. The molecule has 0 radical (unpaired) electrons. The number of rotatable bonds is 3. The van der Waals surface area contributed by atoms with E-state index in [4.69, 9.17) is 6.42 Å². The van der Waals surface area contributed by atoms with Gasteiger partial charge in [-0.25, -0.2) is 0 Å². The highest BCUT2D eigenvalue weighted by molar-refractivity contribution is 5.99. The molecule has 1 aromatic carbocycles. The molecule has 1 aliphatic rings. The Hall–Kier alpha value is -1.93. The highest BCUT2D eigenvalue weighted by atomic mass is 19.3. The first-order valence-electron chi connectivity index (χ1n) is 6.27. The number of hydrogen-bond donors (Lipinski definition) is 1. The van der Waals surface area contributed by atoms with Crippen molar-refractivity contribution >= 4 is 11.6 Å². The number of anilines is 1. The van der Waals surface area contributed by atoms with Gasteiger partial charge in [0.25, 0.3) is 5.91 Å². The van der Waals surface area contributed by atoms with Crippen LogP contribution in [0.1, 0.15) is 24.8 Å². The molecule has 1 amide bonds. The monoisotopic (exact) mass is 279 g/mol. The maximum Gasteiger partial charge on any atom is 0.352 e. The number of halogens is 2. The Bertz CT molecular complexity index is 573. The van der Waals surface area contributed by atoms with Crippen LogP contribution >= 0.6 is 0 Å². The molecule has 0 heterocycles. The van der Waals surface area contributed by atoms with Crippen LogP contribution in [-0.4, -0.2) is 29.6 Å². The summed E-state index contributed by atoms with van der Waals surface area (Å²) < 4.78 is 28.2. The average molecular weight is 279 g/mol. The number of hydrogen-bond acceptors (Lipinski definition) is 2. The highest BCUT2D eigenvalue weighted by Crippen LogP contribution is 2.45. The van der Waals surface area contributed by atoms with Crippen LogP contribution in [0.3, 0.4) is 0 Å². The number of benzene rings is 1. The SMILES string of the molecule is C#Cc1cccc(N(C)C(=O)C(F)(F)C2(O)CCC2)c1. The molecule has 5 heteroatoms. The van der Waals surface area contributed by atoms with Crippen LogP contribution < -0.4 is 4.90 Å². The lowest BCUT2D eigenvalue weighted by Crippen LogP contribution is -2.61. The van der Waals surface area contributed by atoms with Gasteiger partial charge in [-0.2, -0.15) is 8.78 Å². The minimum Gasteiger partial charge on any atom is -0.383 e. The van der Waals surface area contributed by atoms with E-state index in [1.54, 1.807) is 12.1 Å². The van der Waals surface area contributed by atoms with Crippen LogP contribution in [0, 0.1) is 12.3 Å². The topological polar surface area (TPSA) is 40.5 Å². The molecule has 0 bridgehead atoms. The lowest BCUT2D eigenvalue weighted by molar-refractivity contribution is -0.213. The number of carbonyl (C=O) groups is 1. The van der Waals surface area contributed by atoms with E-state index in [0.717, 1.165) is 4.90 Å². The van der Waals surface area contributed by atoms with E-state index < -0.39 is 17.4 Å². The van der Waals surface area contributed by atoms with Gasteiger partial charge in [0.15, 0.2) is 0 Å². The summed E-state index contributed by atoms with van der Waals surface area (Å²) in [6.45, 7) is 0.